The number of ether oxygens (including phenoxy) is 1. The molecule has 0 aromatic heterocycles. The van der Waals surface area contributed by atoms with E-state index in [0.29, 0.717) is 5.92 Å². The van der Waals surface area contributed by atoms with Gasteiger partial charge in [-0.25, -0.2) is 0 Å². The minimum atomic E-state index is 0.254. The van der Waals surface area contributed by atoms with Gasteiger partial charge < -0.3 is 4.74 Å². The van der Waals surface area contributed by atoms with Crippen LogP contribution < -0.4 is 0 Å². The molecule has 0 spiro atoms. The summed E-state index contributed by atoms with van der Waals surface area (Å²) in [4.78, 5) is 0. The Morgan fingerprint density at radius 3 is 2.26 bits per heavy atom. The van der Waals surface area contributed by atoms with Gasteiger partial charge in [-0.15, -0.1) is 8.20 Å². The maximum Gasteiger partial charge on any atom is 0.123 e. The summed E-state index contributed by atoms with van der Waals surface area (Å²) in [6.45, 7) is 15.4. The lowest BCUT2D eigenvalue weighted by atomic mass is 10.1. The summed E-state index contributed by atoms with van der Waals surface area (Å²) in [7, 11) is 1.33. The van der Waals surface area contributed by atoms with Crippen molar-refractivity contribution in [3.63, 3.8) is 0 Å². The van der Waals surface area contributed by atoms with E-state index in [-0.39, 0.29) is 6.10 Å². The maximum atomic E-state index is 6.20. The normalized spacial score (nSPS) is 15.9. The van der Waals surface area contributed by atoms with Crippen molar-refractivity contribution in [3.05, 3.63) is 23.5 Å². The monoisotopic (exact) mass is 282 g/mol. The van der Waals surface area contributed by atoms with Gasteiger partial charge in [0.05, 0.1) is 6.10 Å². The first-order valence-electron chi connectivity index (χ1n) is 7.47. The van der Waals surface area contributed by atoms with Crippen LogP contribution in [0.1, 0.15) is 60.8 Å². The van der Waals surface area contributed by atoms with Gasteiger partial charge in [-0.1, -0.05) is 40.2 Å². The van der Waals surface area contributed by atoms with Gasteiger partial charge in [0, 0.05) is 5.57 Å². The molecule has 0 aromatic carbocycles. The summed E-state index contributed by atoms with van der Waals surface area (Å²) in [6, 6.07) is 0. The van der Waals surface area contributed by atoms with Crippen LogP contribution in [-0.2, 0) is 4.74 Å². The molecule has 0 aliphatic carbocycles. The zero-order valence-corrected chi connectivity index (χ0v) is 14.7. The number of hydrogen-bond donors (Lipinski definition) is 0. The molecule has 0 rings (SSSR count). The van der Waals surface area contributed by atoms with E-state index in [4.69, 9.17) is 4.74 Å². The highest BCUT2D eigenvalue weighted by atomic mass is 31.1. The molecular formula is C17H31OP. The van der Waals surface area contributed by atoms with E-state index >= 15 is 0 Å². The molecule has 0 bridgehead atoms. The fourth-order valence-electron chi connectivity index (χ4n) is 1.65. The Labute approximate surface area is 121 Å². The lowest BCUT2D eigenvalue weighted by molar-refractivity contribution is 0.0990. The van der Waals surface area contributed by atoms with Gasteiger partial charge in [0.25, 0.3) is 0 Å². The van der Waals surface area contributed by atoms with Crippen LogP contribution in [0.25, 0.3) is 0 Å². The van der Waals surface area contributed by atoms with Crippen LogP contribution in [0.4, 0.5) is 0 Å². The Balaban J connectivity index is 5.28. The second kappa shape index (κ2) is 10.3. The third-order valence-electron chi connectivity index (χ3n) is 3.40. The van der Waals surface area contributed by atoms with Crippen LogP contribution in [0, 0.1) is 5.92 Å². The molecule has 0 aliphatic heterocycles. The highest BCUT2D eigenvalue weighted by Crippen LogP contribution is 2.21. The molecule has 1 nitrogen and oxygen atoms in total. The smallest absolute Gasteiger partial charge is 0.123 e. The third-order valence-corrected chi connectivity index (χ3v) is 4.34. The van der Waals surface area contributed by atoms with Gasteiger partial charge in [-0.3, -0.25) is 0 Å². The molecule has 0 aromatic rings. The van der Waals surface area contributed by atoms with Crippen molar-refractivity contribution in [2.24, 2.45) is 5.92 Å². The molecule has 2 heteroatoms. The van der Waals surface area contributed by atoms with Crippen LogP contribution in [0.15, 0.2) is 23.5 Å². The Kier molecular flexibility index (Phi) is 9.97. The molecule has 0 radical (unpaired) electrons. The molecule has 19 heavy (non-hydrogen) atoms. The molecule has 1 atom stereocenters. The average molecular weight is 282 g/mol. The Hall–Kier alpha value is -0.550. The summed E-state index contributed by atoms with van der Waals surface area (Å²) in [6.07, 6.45) is 7.99. The number of hydrogen-bond acceptors (Lipinski definition) is 1. The van der Waals surface area contributed by atoms with E-state index in [9.17, 15) is 0 Å². The predicted molar refractivity (Wildman–Crippen MR) is 90.3 cm³/mol. The minimum Gasteiger partial charge on any atom is -0.490 e. The van der Waals surface area contributed by atoms with E-state index in [1.54, 1.807) is 0 Å². The topological polar surface area (TPSA) is 9.23 Å². The minimum absolute atomic E-state index is 0.254. The van der Waals surface area contributed by atoms with E-state index < -0.39 is 0 Å². The van der Waals surface area contributed by atoms with Crippen molar-refractivity contribution in [1.82, 2.24) is 0 Å². The molecule has 1 unspecified atom stereocenters. The molecule has 0 fully saturated rings. The van der Waals surface area contributed by atoms with Crippen LogP contribution in [-0.4, -0.2) is 18.1 Å². The van der Waals surface area contributed by atoms with E-state index in [0.717, 1.165) is 18.6 Å². The molecule has 0 aliphatic rings. The van der Waals surface area contributed by atoms with E-state index in [1.165, 1.54) is 25.5 Å². The van der Waals surface area contributed by atoms with Gasteiger partial charge in [-0.2, -0.15) is 0 Å². The third kappa shape index (κ3) is 6.97. The lowest BCUT2D eigenvalue weighted by Gasteiger charge is -2.21. The molecule has 0 saturated carbocycles. The van der Waals surface area contributed by atoms with Crippen LogP contribution in [0.3, 0.4) is 0 Å². The van der Waals surface area contributed by atoms with Crippen LogP contribution in [0.2, 0.25) is 0 Å². The quantitative estimate of drug-likeness (QED) is 0.309. The van der Waals surface area contributed by atoms with Gasteiger partial charge in [0.15, 0.2) is 0 Å². The first kappa shape index (κ1) is 18.4. The van der Waals surface area contributed by atoms with Crippen molar-refractivity contribution in [3.8, 4) is 0 Å². The predicted octanol–water partition coefficient (Wildman–Crippen LogP) is 5.84. The summed E-state index contributed by atoms with van der Waals surface area (Å²) < 4.78 is 6.20. The first-order chi connectivity index (χ1) is 8.97. The number of allylic oxidation sites excluding steroid dienone is 3. The zero-order valence-electron chi connectivity index (χ0n) is 13.8. The summed E-state index contributed by atoms with van der Waals surface area (Å²) in [5, 5.41) is 1.41. The first-order valence-corrected chi connectivity index (χ1v) is 8.82. The lowest BCUT2D eigenvalue weighted by Crippen LogP contribution is -2.16. The second-order valence-corrected chi connectivity index (χ2v) is 6.38. The van der Waals surface area contributed by atoms with Gasteiger partial charge in [0.2, 0.25) is 0 Å². The van der Waals surface area contributed by atoms with E-state index in [1.807, 2.05) is 0 Å². The Morgan fingerprint density at radius 1 is 1.21 bits per heavy atom. The molecular weight excluding hydrogens is 251 g/mol. The van der Waals surface area contributed by atoms with Crippen molar-refractivity contribution >= 4 is 13.5 Å². The van der Waals surface area contributed by atoms with Crippen molar-refractivity contribution in [2.75, 3.05) is 6.66 Å². The summed E-state index contributed by atoms with van der Waals surface area (Å²) >= 11 is 0. The van der Waals surface area contributed by atoms with Crippen LogP contribution in [0.5, 0.6) is 0 Å². The SMILES string of the molecule is CCCC=CC(OC(C)C(C)C)=C(CC)C(C)=PC. The number of unbranched alkanes of at least 4 members (excludes halogenated alkanes) is 1. The van der Waals surface area contributed by atoms with E-state index in [2.05, 4.69) is 60.4 Å². The summed E-state index contributed by atoms with van der Waals surface area (Å²) in [5.41, 5.74) is 1.36. The molecule has 110 valence electrons. The van der Waals surface area contributed by atoms with Gasteiger partial charge >= 0.3 is 0 Å². The molecule has 0 amide bonds. The summed E-state index contributed by atoms with van der Waals surface area (Å²) in [5.74, 6) is 1.61. The fraction of sp³-hybridized carbons (Fsp3) is 0.706. The van der Waals surface area contributed by atoms with Crippen molar-refractivity contribution < 1.29 is 4.74 Å². The Bertz CT molecular complexity index is 337. The fourth-order valence-corrected chi connectivity index (χ4v) is 2.19. The highest BCUT2D eigenvalue weighted by Gasteiger charge is 2.13. The maximum absolute atomic E-state index is 6.20. The van der Waals surface area contributed by atoms with Gasteiger partial charge in [-0.05, 0) is 50.6 Å². The van der Waals surface area contributed by atoms with Crippen molar-refractivity contribution in [2.45, 2.75) is 66.9 Å². The number of rotatable bonds is 8. The average Bonchev–Trinajstić information content (AvgIpc) is 2.38. The largest absolute Gasteiger partial charge is 0.490 e. The van der Waals surface area contributed by atoms with Crippen molar-refractivity contribution in [1.29, 1.82) is 0 Å². The standard InChI is InChI=1S/C17H31OP/c1-8-10-11-12-17(18-14(5)13(3)4)16(9-2)15(6)19-7/h11-14H,8-10H2,1-7H3. The van der Waals surface area contributed by atoms with Crippen LogP contribution >= 0.6 is 8.20 Å². The zero-order chi connectivity index (χ0) is 14.8. The second-order valence-electron chi connectivity index (χ2n) is 5.26. The highest BCUT2D eigenvalue weighted by molar-refractivity contribution is 7.40. The molecule has 0 N–H and O–H groups in total. The molecule has 0 saturated heterocycles. The molecule has 0 heterocycles. The Morgan fingerprint density at radius 2 is 1.84 bits per heavy atom. The van der Waals surface area contributed by atoms with Gasteiger partial charge in [0.1, 0.15) is 5.76 Å².